The number of hydrogen-bond donors (Lipinski definition) is 2. The molecule has 0 atom stereocenters. The fraction of sp³-hybridized carbons (Fsp3) is 0.200. The Morgan fingerprint density at radius 3 is 2.64 bits per heavy atom. The quantitative estimate of drug-likeness (QED) is 0.759. The summed E-state index contributed by atoms with van der Waals surface area (Å²) in [4.78, 5) is 4.22. The maximum atomic E-state index is 4.22. The van der Waals surface area contributed by atoms with Gasteiger partial charge >= 0.3 is 0 Å². The molecule has 0 radical (unpaired) electrons. The van der Waals surface area contributed by atoms with E-state index in [-0.39, 0.29) is 0 Å². The van der Waals surface area contributed by atoms with Crippen LogP contribution in [0.3, 0.4) is 0 Å². The second kappa shape index (κ2) is 3.49. The van der Waals surface area contributed by atoms with E-state index in [4.69, 9.17) is 0 Å². The number of aromatic amines is 1. The highest BCUT2D eigenvalue weighted by Gasteiger charge is 1.98. The molecule has 2 N–H and O–H groups in total. The van der Waals surface area contributed by atoms with Crippen LogP contribution in [0, 0.1) is 13.8 Å². The molecule has 0 amide bonds. The number of H-pyrrole nitrogens is 1. The summed E-state index contributed by atoms with van der Waals surface area (Å²) in [6.45, 7) is 3.97. The minimum atomic E-state index is 0.791. The molecule has 72 valence electrons. The zero-order valence-corrected chi connectivity index (χ0v) is 8.20. The van der Waals surface area contributed by atoms with E-state index in [1.807, 2.05) is 38.2 Å². The molecule has 2 heterocycles. The van der Waals surface area contributed by atoms with Gasteiger partial charge in [0.25, 0.3) is 0 Å². The van der Waals surface area contributed by atoms with E-state index in [1.165, 1.54) is 0 Å². The molecule has 0 aliphatic rings. The summed E-state index contributed by atoms with van der Waals surface area (Å²) in [7, 11) is 0. The minimum absolute atomic E-state index is 0.791. The molecule has 0 bridgehead atoms. The van der Waals surface area contributed by atoms with Crippen molar-refractivity contribution < 1.29 is 0 Å². The van der Waals surface area contributed by atoms with Crippen molar-refractivity contribution in [2.75, 3.05) is 5.32 Å². The average Bonchev–Trinajstić information content (AvgIpc) is 2.56. The third-order valence-electron chi connectivity index (χ3n) is 1.87. The second-order valence-electron chi connectivity index (χ2n) is 3.28. The van der Waals surface area contributed by atoms with Crippen LogP contribution >= 0.6 is 0 Å². The van der Waals surface area contributed by atoms with Gasteiger partial charge in [0.05, 0.1) is 0 Å². The fourth-order valence-corrected chi connectivity index (χ4v) is 1.16. The van der Waals surface area contributed by atoms with Gasteiger partial charge in [0.1, 0.15) is 5.82 Å². The van der Waals surface area contributed by atoms with Crippen molar-refractivity contribution in [2.45, 2.75) is 13.8 Å². The molecule has 0 aromatic carbocycles. The van der Waals surface area contributed by atoms with Gasteiger partial charge in [-0.1, -0.05) is 6.07 Å². The Labute approximate surface area is 82.4 Å². The second-order valence-corrected chi connectivity index (χ2v) is 3.28. The molecule has 0 aliphatic heterocycles. The van der Waals surface area contributed by atoms with Gasteiger partial charge in [0.15, 0.2) is 5.82 Å². The zero-order valence-electron chi connectivity index (χ0n) is 8.20. The molecule has 2 aromatic heterocycles. The molecule has 0 spiro atoms. The van der Waals surface area contributed by atoms with Crippen LogP contribution in [0.25, 0.3) is 0 Å². The van der Waals surface area contributed by atoms with Gasteiger partial charge in [-0.25, -0.2) is 4.98 Å². The standard InChI is InChI=1S/C10H12N4/c1-7-3-4-9(11-6-7)12-10-5-8(2)13-14-10/h3-6H,1-2H3,(H2,11,12,13,14). The number of hydrogen-bond acceptors (Lipinski definition) is 3. The Bertz CT molecular complexity index is 416. The van der Waals surface area contributed by atoms with Crippen molar-refractivity contribution >= 4 is 11.6 Å². The van der Waals surface area contributed by atoms with Gasteiger partial charge in [0, 0.05) is 18.0 Å². The van der Waals surface area contributed by atoms with Gasteiger partial charge in [0.2, 0.25) is 0 Å². The first-order chi connectivity index (χ1) is 6.74. The van der Waals surface area contributed by atoms with Gasteiger partial charge in [-0.3, -0.25) is 5.10 Å². The van der Waals surface area contributed by atoms with Crippen molar-refractivity contribution in [2.24, 2.45) is 0 Å². The maximum Gasteiger partial charge on any atom is 0.153 e. The molecule has 14 heavy (non-hydrogen) atoms. The molecule has 4 heteroatoms. The maximum absolute atomic E-state index is 4.22. The lowest BCUT2D eigenvalue weighted by atomic mass is 10.3. The number of aromatic nitrogens is 3. The monoisotopic (exact) mass is 188 g/mol. The smallest absolute Gasteiger partial charge is 0.153 e. The molecule has 2 rings (SSSR count). The lowest BCUT2D eigenvalue weighted by Gasteiger charge is -2.00. The largest absolute Gasteiger partial charge is 0.323 e. The molecule has 0 fully saturated rings. The topological polar surface area (TPSA) is 53.6 Å². The minimum Gasteiger partial charge on any atom is -0.323 e. The molecular formula is C10H12N4. The number of anilines is 2. The first-order valence-corrected chi connectivity index (χ1v) is 4.46. The van der Waals surface area contributed by atoms with Crippen molar-refractivity contribution in [3.05, 3.63) is 35.7 Å². The first-order valence-electron chi connectivity index (χ1n) is 4.46. The first kappa shape index (κ1) is 8.74. The van der Waals surface area contributed by atoms with E-state index in [1.54, 1.807) is 0 Å². The van der Waals surface area contributed by atoms with E-state index in [2.05, 4.69) is 20.5 Å². The van der Waals surface area contributed by atoms with Crippen LogP contribution in [0.15, 0.2) is 24.4 Å². The predicted molar refractivity (Wildman–Crippen MR) is 55.6 cm³/mol. The third kappa shape index (κ3) is 1.90. The number of aryl methyl sites for hydroxylation is 2. The summed E-state index contributed by atoms with van der Waals surface area (Å²) in [5, 5.41) is 10.0. The summed E-state index contributed by atoms with van der Waals surface area (Å²) >= 11 is 0. The Balaban J connectivity index is 2.15. The predicted octanol–water partition coefficient (Wildman–Crippen LogP) is 2.17. The van der Waals surface area contributed by atoms with Crippen LogP contribution < -0.4 is 5.32 Å². The summed E-state index contributed by atoms with van der Waals surface area (Å²) < 4.78 is 0. The van der Waals surface area contributed by atoms with Gasteiger partial charge in [-0.15, -0.1) is 0 Å². The van der Waals surface area contributed by atoms with Gasteiger partial charge < -0.3 is 5.32 Å². The normalized spacial score (nSPS) is 10.1. The number of pyridine rings is 1. The van der Waals surface area contributed by atoms with E-state index in [0.29, 0.717) is 0 Å². The van der Waals surface area contributed by atoms with Crippen LogP contribution in [-0.2, 0) is 0 Å². The van der Waals surface area contributed by atoms with Gasteiger partial charge in [-0.05, 0) is 25.5 Å². The lowest BCUT2D eigenvalue weighted by molar-refractivity contribution is 1.05. The Morgan fingerprint density at radius 2 is 2.07 bits per heavy atom. The average molecular weight is 188 g/mol. The van der Waals surface area contributed by atoms with Crippen LogP contribution in [0.2, 0.25) is 0 Å². The highest BCUT2D eigenvalue weighted by molar-refractivity contribution is 5.51. The number of nitrogens with one attached hydrogen (secondary N) is 2. The van der Waals surface area contributed by atoms with E-state index >= 15 is 0 Å². The van der Waals surface area contributed by atoms with Crippen molar-refractivity contribution in [1.82, 2.24) is 15.2 Å². The zero-order chi connectivity index (χ0) is 9.97. The fourth-order valence-electron chi connectivity index (χ4n) is 1.16. The molecular weight excluding hydrogens is 176 g/mol. The summed E-state index contributed by atoms with van der Waals surface area (Å²) in [6.07, 6.45) is 1.82. The highest BCUT2D eigenvalue weighted by Crippen LogP contribution is 2.12. The van der Waals surface area contributed by atoms with Crippen molar-refractivity contribution in [3.63, 3.8) is 0 Å². The lowest BCUT2D eigenvalue weighted by Crippen LogP contribution is -1.93. The summed E-state index contributed by atoms with van der Waals surface area (Å²) in [6, 6.07) is 5.87. The van der Waals surface area contributed by atoms with Crippen molar-refractivity contribution in [1.29, 1.82) is 0 Å². The third-order valence-corrected chi connectivity index (χ3v) is 1.87. The van der Waals surface area contributed by atoms with Crippen LogP contribution in [0.4, 0.5) is 11.6 Å². The van der Waals surface area contributed by atoms with Crippen LogP contribution in [-0.4, -0.2) is 15.2 Å². The van der Waals surface area contributed by atoms with E-state index in [0.717, 1.165) is 22.9 Å². The van der Waals surface area contributed by atoms with Crippen molar-refractivity contribution in [3.8, 4) is 0 Å². The molecule has 0 saturated heterocycles. The Hall–Kier alpha value is -1.84. The summed E-state index contributed by atoms with van der Waals surface area (Å²) in [5.41, 5.74) is 2.17. The number of rotatable bonds is 2. The highest BCUT2D eigenvalue weighted by atomic mass is 15.2. The van der Waals surface area contributed by atoms with Crippen LogP contribution in [0.5, 0.6) is 0 Å². The van der Waals surface area contributed by atoms with Gasteiger partial charge in [-0.2, -0.15) is 5.10 Å². The Morgan fingerprint density at radius 1 is 1.21 bits per heavy atom. The Kier molecular flexibility index (Phi) is 2.18. The number of nitrogens with zero attached hydrogens (tertiary/aromatic N) is 2. The molecule has 0 unspecified atom stereocenters. The summed E-state index contributed by atoms with van der Waals surface area (Å²) in [5.74, 6) is 1.60. The van der Waals surface area contributed by atoms with E-state index < -0.39 is 0 Å². The molecule has 0 saturated carbocycles. The SMILES string of the molecule is Cc1ccc(Nc2cc(C)[nH]n2)nc1. The molecule has 4 nitrogen and oxygen atoms in total. The van der Waals surface area contributed by atoms with E-state index in [9.17, 15) is 0 Å². The molecule has 0 aliphatic carbocycles. The molecule has 2 aromatic rings. The van der Waals surface area contributed by atoms with Crippen LogP contribution in [0.1, 0.15) is 11.3 Å².